The van der Waals surface area contributed by atoms with Crippen molar-refractivity contribution < 1.29 is 9.53 Å². The fourth-order valence-corrected chi connectivity index (χ4v) is 3.26. The number of carbonyl (C=O) groups is 1. The molecule has 1 aromatic carbocycles. The van der Waals surface area contributed by atoms with Crippen LogP contribution < -0.4 is 5.32 Å². The summed E-state index contributed by atoms with van der Waals surface area (Å²) in [5, 5.41) is 4.26. The Kier molecular flexibility index (Phi) is 6.03. The summed E-state index contributed by atoms with van der Waals surface area (Å²) in [4.78, 5) is 22.5. The summed E-state index contributed by atoms with van der Waals surface area (Å²) < 4.78 is 4.75. The molecule has 0 unspecified atom stereocenters. The molecule has 130 valence electrons. The van der Waals surface area contributed by atoms with Gasteiger partial charge in [-0.15, -0.1) is 0 Å². The molecule has 2 heterocycles. The summed E-state index contributed by atoms with van der Waals surface area (Å²) in [6, 6.07) is 11.5. The van der Waals surface area contributed by atoms with Crippen molar-refractivity contribution in [3.63, 3.8) is 0 Å². The van der Waals surface area contributed by atoms with Gasteiger partial charge in [0.1, 0.15) is 0 Å². The van der Waals surface area contributed by atoms with Crippen molar-refractivity contribution in [2.45, 2.75) is 12.3 Å². The minimum Gasteiger partial charge on any atom is -0.465 e. The number of thioether (sulfide) groups is 1. The zero-order valence-electron chi connectivity index (χ0n) is 14.0. The van der Waals surface area contributed by atoms with E-state index in [9.17, 15) is 4.79 Å². The van der Waals surface area contributed by atoms with Crippen LogP contribution in [0, 0.1) is 0 Å². The maximum Gasteiger partial charge on any atom is 0.337 e. The molecule has 7 heteroatoms. The molecule has 6 nitrogen and oxygen atoms in total. The van der Waals surface area contributed by atoms with Crippen LogP contribution in [0.15, 0.2) is 53.8 Å². The van der Waals surface area contributed by atoms with Crippen molar-refractivity contribution >= 4 is 22.9 Å². The van der Waals surface area contributed by atoms with Gasteiger partial charge in [0.25, 0.3) is 0 Å². The molecular weight excluding hydrogens is 336 g/mol. The molecule has 25 heavy (non-hydrogen) atoms. The lowest BCUT2D eigenvalue weighted by atomic mass is 10.1. The van der Waals surface area contributed by atoms with Gasteiger partial charge in [0.15, 0.2) is 5.17 Å². The summed E-state index contributed by atoms with van der Waals surface area (Å²) in [5.74, 6) is 0.435. The predicted octanol–water partition coefficient (Wildman–Crippen LogP) is 2.48. The van der Waals surface area contributed by atoms with Crippen molar-refractivity contribution in [1.82, 2.24) is 15.2 Å². The zero-order chi connectivity index (χ0) is 17.5. The number of rotatable bonds is 5. The molecule has 0 spiro atoms. The predicted molar refractivity (Wildman–Crippen MR) is 99.2 cm³/mol. The Hall–Kier alpha value is -2.38. The smallest absolute Gasteiger partial charge is 0.337 e. The van der Waals surface area contributed by atoms with Crippen molar-refractivity contribution in [3.05, 3.63) is 65.5 Å². The number of methoxy groups -OCH3 is 1. The molecule has 0 saturated carbocycles. The summed E-state index contributed by atoms with van der Waals surface area (Å²) in [7, 11) is 1.39. The maximum atomic E-state index is 11.6. The third-order valence-electron chi connectivity index (χ3n) is 3.72. The van der Waals surface area contributed by atoms with Gasteiger partial charge in [-0.3, -0.25) is 9.88 Å². The number of hydrogen-bond acceptors (Lipinski definition) is 7. The fraction of sp³-hybridized carbons (Fsp3) is 0.278. The highest BCUT2D eigenvalue weighted by atomic mass is 32.2. The number of aromatic nitrogens is 1. The molecule has 0 saturated heterocycles. The monoisotopic (exact) mass is 356 g/mol. The SMILES string of the molecule is COC(=O)c1cccc(CSC2=NCN(Cc3cccnc3)CN2)c1. The Morgan fingerprint density at radius 3 is 2.92 bits per heavy atom. The Bertz CT molecular complexity index is 752. The Labute approximate surface area is 151 Å². The maximum absolute atomic E-state index is 11.6. The van der Waals surface area contributed by atoms with E-state index in [1.807, 2.05) is 30.5 Å². The average Bonchev–Trinajstić information content (AvgIpc) is 2.68. The van der Waals surface area contributed by atoms with Crippen molar-refractivity contribution in [3.8, 4) is 0 Å². The second-order valence-corrected chi connectivity index (χ2v) is 6.57. The summed E-state index contributed by atoms with van der Waals surface area (Å²) in [5.41, 5.74) is 2.81. The largest absolute Gasteiger partial charge is 0.465 e. The highest BCUT2D eigenvalue weighted by Crippen LogP contribution is 2.17. The van der Waals surface area contributed by atoms with E-state index < -0.39 is 0 Å². The number of nitrogens with one attached hydrogen (secondary N) is 1. The van der Waals surface area contributed by atoms with Crippen molar-refractivity contribution in [2.75, 3.05) is 20.4 Å². The van der Waals surface area contributed by atoms with E-state index in [1.165, 1.54) is 12.7 Å². The number of nitrogens with zero attached hydrogens (tertiary/aromatic N) is 3. The zero-order valence-corrected chi connectivity index (χ0v) is 14.8. The van der Waals surface area contributed by atoms with Crippen molar-refractivity contribution in [2.24, 2.45) is 4.99 Å². The normalized spacial score (nSPS) is 14.5. The first kappa shape index (κ1) is 17.4. The molecule has 3 rings (SSSR count). The summed E-state index contributed by atoms with van der Waals surface area (Å²) in [6.45, 7) is 2.23. The van der Waals surface area contributed by atoms with Crippen LogP contribution in [-0.4, -0.2) is 41.5 Å². The fourth-order valence-electron chi connectivity index (χ4n) is 2.46. The number of pyridine rings is 1. The van der Waals surface area contributed by atoms with Crippen LogP contribution in [0.25, 0.3) is 0 Å². The van der Waals surface area contributed by atoms with E-state index in [1.54, 1.807) is 24.0 Å². The molecule has 2 aromatic rings. The first-order valence-corrected chi connectivity index (χ1v) is 8.93. The Morgan fingerprint density at radius 2 is 2.20 bits per heavy atom. The number of aliphatic imine (C=N–C) groups is 1. The topological polar surface area (TPSA) is 66.8 Å². The number of ether oxygens (including phenoxy) is 1. The van der Waals surface area contributed by atoms with Crippen LogP contribution in [0.5, 0.6) is 0 Å². The highest BCUT2D eigenvalue weighted by Gasteiger charge is 2.13. The molecule has 1 aromatic heterocycles. The van der Waals surface area contributed by atoms with Gasteiger partial charge in [0.2, 0.25) is 0 Å². The molecule has 1 aliphatic heterocycles. The highest BCUT2D eigenvalue weighted by molar-refractivity contribution is 8.13. The van der Waals surface area contributed by atoms with Crippen LogP contribution in [-0.2, 0) is 17.0 Å². The lowest BCUT2D eigenvalue weighted by Crippen LogP contribution is -2.41. The summed E-state index contributed by atoms with van der Waals surface area (Å²) in [6.07, 6.45) is 3.66. The lowest BCUT2D eigenvalue weighted by molar-refractivity contribution is 0.0600. The standard InChI is InChI=1S/C18H20N4O2S/c1-24-17(23)16-6-2-4-14(8-16)11-25-18-20-12-22(13-21-18)10-15-5-3-7-19-9-15/h2-9H,10-13H2,1H3,(H,20,21). The Balaban J connectivity index is 1.51. The number of benzene rings is 1. The minimum atomic E-state index is -0.314. The van der Waals surface area contributed by atoms with E-state index >= 15 is 0 Å². The molecule has 0 fully saturated rings. The van der Waals surface area contributed by atoms with E-state index in [0.29, 0.717) is 12.2 Å². The van der Waals surface area contributed by atoms with Gasteiger partial charge in [0, 0.05) is 24.7 Å². The second kappa shape index (κ2) is 8.64. The van der Waals surface area contributed by atoms with Crippen LogP contribution in [0.1, 0.15) is 21.5 Å². The van der Waals surface area contributed by atoms with Crippen LogP contribution >= 0.6 is 11.8 Å². The molecule has 0 bridgehead atoms. The molecule has 0 radical (unpaired) electrons. The summed E-state index contributed by atoms with van der Waals surface area (Å²) >= 11 is 1.63. The van der Waals surface area contributed by atoms with E-state index in [0.717, 1.165) is 29.7 Å². The average molecular weight is 356 g/mol. The number of esters is 1. The van der Waals surface area contributed by atoms with Gasteiger partial charge in [-0.1, -0.05) is 30.0 Å². The quantitative estimate of drug-likeness (QED) is 0.830. The van der Waals surface area contributed by atoms with Crippen molar-refractivity contribution in [1.29, 1.82) is 0 Å². The van der Waals surface area contributed by atoms with Gasteiger partial charge >= 0.3 is 5.97 Å². The van der Waals surface area contributed by atoms with E-state index in [-0.39, 0.29) is 5.97 Å². The molecule has 1 N–H and O–H groups in total. The van der Waals surface area contributed by atoms with Gasteiger partial charge < -0.3 is 10.1 Å². The van der Waals surface area contributed by atoms with Gasteiger partial charge in [-0.25, -0.2) is 9.79 Å². The lowest BCUT2D eigenvalue weighted by Gasteiger charge is -2.26. The number of hydrogen-bond donors (Lipinski definition) is 1. The minimum absolute atomic E-state index is 0.314. The van der Waals surface area contributed by atoms with Gasteiger partial charge in [-0.05, 0) is 29.3 Å². The molecule has 1 aliphatic rings. The van der Waals surface area contributed by atoms with E-state index in [4.69, 9.17) is 4.74 Å². The van der Waals surface area contributed by atoms with Crippen LogP contribution in [0.2, 0.25) is 0 Å². The molecule has 0 aliphatic carbocycles. The first-order chi connectivity index (χ1) is 12.2. The Morgan fingerprint density at radius 1 is 1.32 bits per heavy atom. The molecule has 0 atom stereocenters. The van der Waals surface area contributed by atoms with Gasteiger partial charge in [-0.2, -0.15) is 0 Å². The molecule has 0 amide bonds. The second-order valence-electron chi connectivity index (χ2n) is 5.61. The van der Waals surface area contributed by atoms with Crippen LogP contribution in [0.3, 0.4) is 0 Å². The van der Waals surface area contributed by atoms with Crippen LogP contribution in [0.4, 0.5) is 0 Å². The molecular formula is C18H20N4O2S. The number of carbonyl (C=O) groups excluding carboxylic acids is 1. The third kappa shape index (κ3) is 5.04. The third-order valence-corrected chi connectivity index (χ3v) is 4.75. The van der Waals surface area contributed by atoms with E-state index in [2.05, 4.69) is 26.3 Å². The van der Waals surface area contributed by atoms with Gasteiger partial charge in [0.05, 0.1) is 26.0 Å². The number of amidine groups is 1. The first-order valence-electron chi connectivity index (χ1n) is 7.94.